The summed E-state index contributed by atoms with van der Waals surface area (Å²) in [5, 5.41) is 13.9. The molecule has 0 saturated heterocycles. The molecule has 0 saturated carbocycles. The Morgan fingerprint density at radius 1 is 1.32 bits per heavy atom. The second kappa shape index (κ2) is 5.66. The number of carboxylic acids is 1. The van der Waals surface area contributed by atoms with Crippen LogP contribution in [0.5, 0.6) is 0 Å². The lowest BCUT2D eigenvalue weighted by Gasteiger charge is -2.01. The number of benzene rings is 1. The molecule has 1 aromatic rings. The number of amides is 1. The van der Waals surface area contributed by atoms with Gasteiger partial charge in [0.05, 0.1) is 11.1 Å². The lowest BCUT2D eigenvalue weighted by atomic mass is 10.1. The maximum absolute atomic E-state index is 11.9. The maximum Gasteiger partial charge on any atom is 0.336 e. The van der Waals surface area contributed by atoms with Crippen molar-refractivity contribution in [1.29, 1.82) is 0 Å². The molecule has 0 spiro atoms. The highest BCUT2D eigenvalue weighted by Gasteiger charge is 2.19. The van der Waals surface area contributed by atoms with E-state index in [1.807, 2.05) is 6.92 Å². The van der Waals surface area contributed by atoms with Gasteiger partial charge in [-0.15, -0.1) is 10.5 Å². The highest BCUT2D eigenvalue weighted by Crippen LogP contribution is 2.17. The lowest BCUT2D eigenvalue weighted by Crippen LogP contribution is -2.10. The molecule has 1 aromatic carbocycles. The molecule has 0 atom stereocenters. The number of carbonyl (C=O) groups is 2. The molecule has 0 unspecified atom stereocenters. The van der Waals surface area contributed by atoms with Crippen molar-refractivity contribution < 1.29 is 14.7 Å². The second-order valence-corrected chi connectivity index (χ2v) is 4.64. The van der Waals surface area contributed by atoms with Crippen LogP contribution >= 0.6 is 11.8 Å². The number of rotatable bonds is 3. The SMILES string of the molecule is CCC1=N[N]C(=NC(=O)c2ccccc2C(=O)O)S1. The maximum atomic E-state index is 11.9. The van der Waals surface area contributed by atoms with Gasteiger partial charge in [0.1, 0.15) is 5.04 Å². The molecule has 0 fully saturated rings. The number of carboxylic acid groups (broad SMARTS) is 1. The standard InChI is InChI=1S/C12H10N3O3S/c1-2-9-14-15-12(19-9)13-10(16)7-5-3-4-6-8(7)11(17)18/h3-6H,2H2,1H3,(H,17,18). The first-order chi connectivity index (χ1) is 9.11. The molecule has 0 aliphatic carbocycles. The van der Waals surface area contributed by atoms with Gasteiger partial charge in [0.25, 0.3) is 5.91 Å². The van der Waals surface area contributed by atoms with E-state index < -0.39 is 11.9 Å². The first-order valence-electron chi connectivity index (χ1n) is 5.52. The summed E-state index contributed by atoms with van der Waals surface area (Å²) in [5.74, 6) is -1.79. The molecule has 6 nitrogen and oxygen atoms in total. The molecular formula is C12H10N3O3S. The number of nitrogens with zero attached hydrogens (tertiary/aromatic N) is 3. The number of carbonyl (C=O) groups excluding carboxylic acids is 1. The Balaban J connectivity index is 2.22. The van der Waals surface area contributed by atoms with Crippen LogP contribution < -0.4 is 5.43 Å². The highest BCUT2D eigenvalue weighted by molar-refractivity contribution is 8.26. The van der Waals surface area contributed by atoms with E-state index in [-0.39, 0.29) is 16.3 Å². The average molecular weight is 276 g/mol. The fourth-order valence-corrected chi connectivity index (χ4v) is 2.08. The minimum Gasteiger partial charge on any atom is -0.478 e. The van der Waals surface area contributed by atoms with Gasteiger partial charge >= 0.3 is 5.97 Å². The Bertz CT molecular complexity index is 596. The first-order valence-corrected chi connectivity index (χ1v) is 6.34. The molecule has 1 radical (unpaired) electrons. The van der Waals surface area contributed by atoms with Crippen molar-refractivity contribution in [2.24, 2.45) is 10.1 Å². The predicted octanol–water partition coefficient (Wildman–Crippen LogP) is 1.96. The third kappa shape index (κ3) is 3.00. The van der Waals surface area contributed by atoms with Gasteiger partial charge in [-0.1, -0.05) is 19.1 Å². The summed E-state index contributed by atoms with van der Waals surface area (Å²) in [6.45, 7) is 1.92. The Kier molecular flexibility index (Phi) is 3.96. The largest absolute Gasteiger partial charge is 0.478 e. The van der Waals surface area contributed by atoms with E-state index in [0.717, 1.165) is 5.04 Å². The van der Waals surface area contributed by atoms with Crippen molar-refractivity contribution >= 4 is 33.8 Å². The van der Waals surface area contributed by atoms with Gasteiger partial charge in [0.15, 0.2) is 0 Å². The van der Waals surface area contributed by atoms with E-state index in [4.69, 9.17) is 5.11 Å². The smallest absolute Gasteiger partial charge is 0.336 e. The van der Waals surface area contributed by atoms with Crippen molar-refractivity contribution in [2.45, 2.75) is 13.3 Å². The van der Waals surface area contributed by atoms with Gasteiger partial charge in [-0.05, 0) is 30.3 Å². The lowest BCUT2D eigenvalue weighted by molar-refractivity contribution is 0.0692. The first kappa shape index (κ1) is 13.3. The van der Waals surface area contributed by atoms with Crippen LogP contribution in [0, 0.1) is 0 Å². The topological polar surface area (TPSA) is 93.2 Å². The van der Waals surface area contributed by atoms with E-state index in [0.29, 0.717) is 6.42 Å². The number of hydrogen-bond acceptors (Lipinski definition) is 4. The minimum absolute atomic E-state index is 0.0447. The summed E-state index contributed by atoms with van der Waals surface area (Å²) in [4.78, 5) is 26.7. The van der Waals surface area contributed by atoms with Crippen LogP contribution in [0.2, 0.25) is 0 Å². The fourth-order valence-electron chi connectivity index (χ4n) is 1.44. The molecule has 1 aliphatic rings. The number of aromatic carboxylic acids is 1. The van der Waals surface area contributed by atoms with E-state index >= 15 is 0 Å². The quantitative estimate of drug-likeness (QED) is 0.913. The van der Waals surface area contributed by atoms with Gasteiger partial charge in [-0.25, -0.2) is 4.79 Å². The summed E-state index contributed by atoms with van der Waals surface area (Å²) in [6, 6.07) is 5.94. The normalized spacial score (nSPS) is 16.1. The molecule has 19 heavy (non-hydrogen) atoms. The summed E-state index contributed by atoms with van der Waals surface area (Å²) in [7, 11) is 0. The Morgan fingerprint density at radius 2 is 2.00 bits per heavy atom. The van der Waals surface area contributed by atoms with Crippen molar-refractivity contribution in [3.63, 3.8) is 0 Å². The molecule has 7 heteroatoms. The van der Waals surface area contributed by atoms with Crippen LogP contribution in [-0.4, -0.2) is 27.2 Å². The van der Waals surface area contributed by atoms with E-state index in [1.54, 1.807) is 12.1 Å². The monoisotopic (exact) mass is 276 g/mol. The van der Waals surface area contributed by atoms with Crippen LogP contribution in [0.3, 0.4) is 0 Å². The minimum atomic E-state index is -1.16. The zero-order valence-electron chi connectivity index (χ0n) is 10.0. The summed E-state index contributed by atoms with van der Waals surface area (Å²) < 4.78 is 0. The number of aliphatic imine (C=N–C) groups is 1. The van der Waals surface area contributed by atoms with E-state index in [2.05, 4.69) is 15.5 Å². The molecule has 1 aliphatic heterocycles. The van der Waals surface area contributed by atoms with Crippen LogP contribution in [0.1, 0.15) is 34.1 Å². The Labute approximate surface area is 113 Å². The predicted molar refractivity (Wildman–Crippen MR) is 72.6 cm³/mol. The zero-order valence-corrected chi connectivity index (χ0v) is 10.8. The van der Waals surface area contributed by atoms with Gasteiger partial charge in [0.2, 0.25) is 5.17 Å². The third-order valence-corrected chi connectivity index (χ3v) is 3.31. The van der Waals surface area contributed by atoms with Gasteiger partial charge in [0, 0.05) is 0 Å². The van der Waals surface area contributed by atoms with Crippen molar-refractivity contribution in [1.82, 2.24) is 5.43 Å². The van der Waals surface area contributed by atoms with Crippen molar-refractivity contribution in [2.75, 3.05) is 0 Å². The van der Waals surface area contributed by atoms with E-state index in [1.165, 1.54) is 23.9 Å². The van der Waals surface area contributed by atoms with Gasteiger partial charge in [-0.2, -0.15) is 4.99 Å². The number of hydrogen-bond donors (Lipinski definition) is 1. The van der Waals surface area contributed by atoms with Crippen LogP contribution in [0.25, 0.3) is 0 Å². The second-order valence-electron chi connectivity index (χ2n) is 3.60. The summed E-state index contributed by atoms with van der Waals surface area (Å²) in [6.07, 6.45) is 0.715. The van der Waals surface area contributed by atoms with Crippen LogP contribution in [-0.2, 0) is 0 Å². The highest BCUT2D eigenvalue weighted by atomic mass is 32.2. The molecule has 1 N–H and O–H groups in total. The fraction of sp³-hybridized carbons (Fsp3) is 0.167. The summed E-state index contributed by atoms with van der Waals surface area (Å²) in [5.41, 5.74) is 3.73. The number of amidine groups is 1. The van der Waals surface area contributed by atoms with Gasteiger partial charge in [-0.3, -0.25) is 4.79 Å². The molecule has 97 valence electrons. The molecular weight excluding hydrogens is 266 g/mol. The third-order valence-electron chi connectivity index (χ3n) is 2.34. The Hall–Kier alpha value is -2.15. The van der Waals surface area contributed by atoms with Gasteiger partial charge < -0.3 is 5.11 Å². The molecule has 2 rings (SSSR count). The van der Waals surface area contributed by atoms with Crippen molar-refractivity contribution in [3.8, 4) is 0 Å². The van der Waals surface area contributed by atoms with Crippen LogP contribution in [0.15, 0.2) is 34.4 Å². The van der Waals surface area contributed by atoms with Crippen molar-refractivity contribution in [3.05, 3.63) is 35.4 Å². The zero-order chi connectivity index (χ0) is 13.8. The molecule has 1 heterocycles. The number of thioether (sulfide) groups is 1. The molecule has 0 aromatic heterocycles. The Morgan fingerprint density at radius 3 is 2.58 bits per heavy atom. The van der Waals surface area contributed by atoms with Crippen LogP contribution in [0.4, 0.5) is 0 Å². The van der Waals surface area contributed by atoms with E-state index in [9.17, 15) is 9.59 Å². The average Bonchev–Trinajstić information content (AvgIpc) is 2.86. The molecule has 0 bridgehead atoms. The summed E-state index contributed by atoms with van der Waals surface area (Å²) >= 11 is 1.21. The molecule has 1 amide bonds.